The van der Waals surface area contributed by atoms with E-state index in [1.54, 1.807) is 6.92 Å². The summed E-state index contributed by atoms with van der Waals surface area (Å²) in [6.07, 6.45) is 18.9. The Bertz CT molecular complexity index is 300. The number of carbonyl (C=O) groups is 1. The van der Waals surface area contributed by atoms with Crippen molar-refractivity contribution in [3.63, 3.8) is 0 Å². The Balaban J connectivity index is 3.24. The monoisotopic (exact) mass is 328 g/mol. The molecule has 23 heavy (non-hydrogen) atoms. The van der Waals surface area contributed by atoms with E-state index in [-0.39, 0.29) is 6.61 Å². The van der Waals surface area contributed by atoms with Gasteiger partial charge in [-0.05, 0) is 25.8 Å². The number of esters is 1. The van der Waals surface area contributed by atoms with E-state index in [1.165, 1.54) is 76.7 Å². The molecule has 0 aliphatic heterocycles. The molecule has 0 atom stereocenters. The lowest BCUT2D eigenvalue weighted by molar-refractivity contribution is -0.140. The molecule has 0 unspecified atom stereocenters. The van der Waals surface area contributed by atoms with Crippen LogP contribution in [0.1, 0.15) is 104 Å². The average Bonchev–Trinajstić information content (AvgIpc) is 2.55. The van der Waals surface area contributed by atoms with E-state index >= 15 is 0 Å². The van der Waals surface area contributed by atoms with E-state index in [4.69, 9.17) is 0 Å². The van der Waals surface area contributed by atoms with Crippen LogP contribution in [0.3, 0.4) is 0 Å². The quantitative estimate of drug-likeness (QED) is 0.175. The highest BCUT2D eigenvalue weighted by atomic mass is 19.1. The molecule has 0 saturated heterocycles. The van der Waals surface area contributed by atoms with Crippen molar-refractivity contribution in [2.45, 2.75) is 104 Å². The van der Waals surface area contributed by atoms with Gasteiger partial charge in [-0.3, -0.25) is 0 Å². The minimum absolute atomic E-state index is 0.221. The predicted molar refractivity (Wildman–Crippen MR) is 96.1 cm³/mol. The molecule has 136 valence electrons. The van der Waals surface area contributed by atoms with Gasteiger partial charge in [0, 0.05) is 0 Å². The van der Waals surface area contributed by atoms with Crippen LogP contribution in [0.25, 0.3) is 0 Å². The van der Waals surface area contributed by atoms with E-state index in [0.29, 0.717) is 6.42 Å². The van der Waals surface area contributed by atoms with Crippen molar-refractivity contribution >= 4 is 5.97 Å². The average molecular weight is 329 g/mol. The SMILES string of the molecule is CCCCCCCCCCCCCCCC=C(F)C(=O)OCC. The molecule has 0 bridgehead atoms. The van der Waals surface area contributed by atoms with Gasteiger partial charge in [0.25, 0.3) is 0 Å². The number of carbonyl (C=O) groups excluding carboxylic acids is 1. The van der Waals surface area contributed by atoms with Crippen LogP contribution in [-0.4, -0.2) is 12.6 Å². The molecule has 0 aromatic rings. The molecule has 0 aliphatic rings. The standard InChI is InChI=1S/C20H37FO2/c1-3-5-6-7-8-9-10-11-12-13-14-15-16-17-18-19(21)20(22)23-4-2/h18H,3-17H2,1-2H3. The normalized spacial score (nSPS) is 11.7. The third kappa shape index (κ3) is 15.8. The summed E-state index contributed by atoms with van der Waals surface area (Å²) in [4.78, 5) is 11.0. The van der Waals surface area contributed by atoms with Crippen LogP contribution >= 0.6 is 0 Å². The maximum atomic E-state index is 13.2. The topological polar surface area (TPSA) is 26.3 Å². The van der Waals surface area contributed by atoms with Gasteiger partial charge in [0.2, 0.25) is 5.83 Å². The fourth-order valence-corrected chi connectivity index (χ4v) is 2.67. The first-order chi connectivity index (χ1) is 11.2. The molecule has 0 aromatic carbocycles. The molecular formula is C20H37FO2. The van der Waals surface area contributed by atoms with Gasteiger partial charge in [-0.1, -0.05) is 84.0 Å². The molecule has 0 N–H and O–H groups in total. The second-order valence-corrected chi connectivity index (χ2v) is 6.30. The molecule has 0 rings (SSSR count). The molecule has 0 amide bonds. The maximum absolute atomic E-state index is 13.2. The Morgan fingerprint density at radius 1 is 0.783 bits per heavy atom. The molecule has 0 saturated carbocycles. The summed E-state index contributed by atoms with van der Waals surface area (Å²) < 4.78 is 17.8. The van der Waals surface area contributed by atoms with Crippen LogP contribution in [0.2, 0.25) is 0 Å². The molecule has 0 fully saturated rings. The van der Waals surface area contributed by atoms with Crippen LogP contribution in [-0.2, 0) is 9.53 Å². The lowest BCUT2D eigenvalue weighted by Gasteiger charge is -2.02. The lowest BCUT2D eigenvalue weighted by Crippen LogP contribution is -2.04. The predicted octanol–water partition coefficient (Wildman–Crippen LogP) is 6.88. The zero-order valence-electron chi connectivity index (χ0n) is 15.4. The van der Waals surface area contributed by atoms with Crippen LogP contribution in [0.5, 0.6) is 0 Å². The van der Waals surface area contributed by atoms with Gasteiger partial charge in [-0.2, -0.15) is 4.39 Å². The minimum Gasteiger partial charge on any atom is -0.461 e. The summed E-state index contributed by atoms with van der Waals surface area (Å²) in [5, 5.41) is 0. The molecule has 2 nitrogen and oxygen atoms in total. The van der Waals surface area contributed by atoms with Crippen LogP contribution < -0.4 is 0 Å². The number of unbranched alkanes of at least 4 members (excludes halogenated alkanes) is 13. The third-order valence-corrected chi connectivity index (χ3v) is 4.10. The number of ether oxygens (including phenoxy) is 1. The Morgan fingerprint density at radius 2 is 1.22 bits per heavy atom. The van der Waals surface area contributed by atoms with Crippen molar-refractivity contribution < 1.29 is 13.9 Å². The first kappa shape index (κ1) is 22.1. The second-order valence-electron chi connectivity index (χ2n) is 6.30. The number of allylic oxidation sites excluding steroid dienone is 1. The largest absolute Gasteiger partial charge is 0.461 e. The second kappa shape index (κ2) is 17.5. The van der Waals surface area contributed by atoms with Gasteiger partial charge in [-0.25, -0.2) is 4.79 Å². The summed E-state index contributed by atoms with van der Waals surface area (Å²) in [5.74, 6) is -1.58. The van der Waals surface area contributed by atoms with E-state index in [2.05, 4.69) is 11.7 Å². The molecule has 0 aliphatic carbocycles. The summed E-state index contributed by atoms with van der Waals surface area (Å²) in [6, 6.07) is 0. The zero-order valence-corrected chi connectivity index (χ0v) is 15.4. The van der Waals surface area contributed by atoms with Crippen molar-refractivity contribution in [2.75, 3.05) is 6.61 Å². The molecule has 3 heteroatoms. The lowest BCUT2D eigenvalue weighted by atomic mass is 10.0. The number of halogens is 1. The summed E-state index contributed by atoms with van der Waals surface area (Å²) >= 11 is 0. The molecule has 0 heterocycles. The maximum Gasteiger partial charge on any atom is 0.366 e. The van der Waals surface area contributed by atoms with Gasteiger partial charge in [-0.15, -0.1) is 0 Å². The van der Waals surface area contributed by atoms with Gasteiger partial charge < -0.3 is 4.74 Å². The molecule has 0 spiro atoms. The van der Waals surface area contributed by atoms with Gasteiger partial charge in [0.05, 0.1) is 6.61 Å². The highest BCUT2D eigenvalue weighted by Gasteiger charge is 2.07. The van der Waals surface area contributed by atoms with E-state index < -0.39 is 11.8 Å². The third-order valence-electron chi connectivity index (χ3n) is 4.10. The molecule has 0 radical (unpaired) electrons. The Morgan fingerprint density at radius 3 is 1.65 bits per heavy atom. The van der Waals surface area contributed by atoms with Crippen molar-refractivity contribution in [2.24, 2.45) is 0 Å². The Labute approximate surface area is 142 Å². The van der Waals surface area contributed by atoms with Crippen LogP contribution in [0, 0.1) is 0 Å². The zero-order chi connectivity index (χ0) is 17.2. The van der Waals surface area contributed by atoms with Crippen molar-refractivity contribution in [3.8, 4) is 0 Å². The van der Waals surface area contributed by atoms with Crippen LogP contribution in [0.15, 0.2) is 11.9 Å². The number of rotatable bonds is 16. The summed E-state index contributed by atoms with van der Waals surface area (Å²) in [7, 11) is 0. The first-order valence-electron chi connectivity index (χ1n) is 9.75. The highest BCUT2D eigenvalue weighted by Crippen LogP contribution is 2.13. The highest BCUT2D eigenvalue weighted by molar-refractivity contribution is 5.85. The Hall–Kier alpha value is -0.860. The van der Waals surface area contributed by atoms with Gasteiger partial charge in [0.1, 0.15) is 0 Å². The Kier molecular flexibility index (Phi) is 16.8. The van der Waals surface area contributed by atoms with Crippen molar-refractivity contribution in [1.29, 1.82) is 0 Å². The van der Waals surface area contributed by atoms with E-state index in [1.807, 2.05) is 0 Å². The first-order valence-corrected chi connectivity index (χ1v) is 9.75. The summed E-state index contributed by atoms with van der Waals surface area (Å²) in [6.45, 7) is 4.16. The van der Waals surface area contributed by atoms with E-state index in [0.717, 1.165) is 12.8 Å². The smallest absolute Gasteiger partial charge is 0.366 e. The molecule has 0 aromatic heterocycles. The fraction of sp³-hybridized carbons (Fsp3) is 0.850. The number of hydrogen-bond donors (Lipinski definition) is 0. The molecular weight excluding hydrogens is 291 g/mol. The van der Waals surface area contributed by atoms with E-state index in [9.17, 15) is 9.18 Å². The fourth-order valence-electron chi connectivity index (χ4n) is 2.67. The van der Waals surface area contributed by atoms with Crippen LogP contribution in [0.4, 0.5) is 4.39 Å². The number of hydrogen-bond acceptors (Lipinski definition) is 2. The van der Waals surface area contributed by atoms with Gasteiger partial charge >= 0.3 is 5.97 Å². The van der Waals surface area contributed by atoms with Crippen molar-refractivity contribution in [1.82, 2.24) is 0 Å². The summed E-state index contributed by atoms with van der Waals surface area (Å²) in [5.41, 5.74) is 0. The minimum atomic E-state index is -0.831. The van der Waals surface area contributed by atoms with Crippen molar-refractivity contribution in [3.05, 3.63) is 11.9 Å². The van der Waals surface area contributed by atoms with Gasteiger partial charge in [0.15, 0.2) is 0 Å².